The van der Waals surface area contributed by atoms with Crippen molar-refractivity contribution in [3.63, 3.8) is 0 Å². The molecule has 1 heterocycles. The van der Waals surface area contributed by atoms with Gasteiger partial charge in [0, 0.05) is 31.0 Å². The maximum atomic E-state index is 11.0. The van der Waals surface area contributed by atoms with Gasteiger partial charge in [0.15, 0.2) is 0 Å². The Balaban J connectivity index is 2.22. The van der Waals surface area contributed by atoms with Gasteiger partial charge in [-0.15, -0.1) is 0 Å². The number of aliphatic hydroxyl groups is 1. The van der Waals surface area contributed by atoms with Crippen LogP contribution >= 0.6 is 23.2 Å². The molecule has 1 unspecified atom stereocenters. The van der Waals surface area contributed by atoms with Crippen molar-refractivity contribution >= 4 is 29.3 Å². The lowest BCUT2D eigenvalue weighted by molar-refractivity contribution is 0.00331. The van der Waals surface area contributed by atoms with Gasteiger partial charge in [-0.2, -0.15) is 0 Å². The van der Waals surface area contributed by atoms with E-state index < -0.39 is 11.7 Å². The van der Waals surface area contributed by atoms with Crippen molar-refractivity contribution in [2.75, 3.05) is 20.2 Å². The lowest BCUT2D eigenvalue weighted by atomic mass is 9.83. The van der Waals surface area contributed by atoms with Crippen LogP contribution in [-0.4, -0.2) is 47.0 Å². The highest BCUT2D eigenvalue weighted by Gasteiger charge is 2.39. The minimum absolute atomic E-state index is 0.164. The van der Waals surface area contributed by atoms with E-state index in [0.717, 1.165) is 0 Å². The summed E-state index contributed by atoms with van der Waals surface area (Å²) in [6.07, 6.45) is -0.107. The van der Waals surface area contributed by atoms with Gasteiger partial charge in [-0.1, -0.05) is 23.2 Å². The molecule has 1 fully saturated rings. The Kier molecular flexibility index (Phi) is 5.10. The first-order chi connectivity index (χ1) is 10.3. The molecule has 2 rings (SSSR count). The molecule has 1 amide bonds. The SMILES string of the molecule is COc1ccc(Cl)c(Cl)c1CC(C)(O)[C@@H]1CCN(C(=O)O)C1. The van der Waals surface area contributed by atoms with Gasteiger partial charge in [0.1, 0.15) is 5.75 Å². The number of nitrogens with zero attached hydrogens (tertiary/aromatic N) is 1. The van der Waals surface area contributed by atoms with Crippen LogP contribution in [0.1, 0.15) is 18.9 Å². The highest BCUT2D eigenvalue weighted by Crippen LogP contribution is 2.38. The molecule has 0 spiro atoms. The molecule has 1 aliphatic rings. The zero-order valence-electron chi connectivity index (χ0n) is 12.5. The average molecular weight is 348 g/mol. The van der Waals surface area contributed by atoms with Crippen LogP contribution in [0.5, 0.6) is 5.75 Å². The Morgan fingerprint density at radius 1 is 1.50 bits per heavy atom. The highest BCUT2D eigenvalue weighted by atomic mass is 35.5. The number of likely N-dealkylation sites (tertiary alicyclic amines) is 1. The van der Waals surface area contributed by atoms with E-state index in [1.54, 1.807) is 19.1 Å². The van der Waals surface area contributed by atoms with Crippen molar-refractivity contribution in [3.8, 4) is 5.75 Å². The number of ether oxygens (including phenoxy) is 1. The largest absolute Gasteiger partial charge is 0.496 e. The summed E-state index contributed by atoms with van der Waals surface area (Å²) in [5.74, 6) is 0.395. The number of rotatable bonds is 4. The fourth-order valence-electron chi connectivity index (χ4n) is 2.87. The van der Waals surface area contributed by atoms with Crippen LogP contribution in [0.2, 0.25) is 10.0 Å². The second kappa shape index (κ2) is 6.52. The molecule has 22 heavy (non-hydrogen) atoms. The summed E-state index contributed by atoms with van der Waals surface area (Å²) in [5.41, 5.74) is -0.471. The predicted octanol–water partition coefficient (Wildman–Crippen LogP) is 3.30. The first-order valence-electron chi connectivity index (χ1n) is 6.97. The molecule has 2 N–H and O–H groups in total. The fourth-order valence-corrected chi connectivity index (χ4v) is 3.27. The molecule has 0 saturated carbocycles. The number of carbonyl (C=O) groups is 1. The number of halogens is 2. The van der Waals surface area contributed by atoms with Crippen LogP contribution in [0, 0.1) is 5.92 Å². The van der Waals surface area contributed by atoms with E-state index in [-0.39, 0.29) is 12.3 Å². The van der Waals surface area contributed by atoms with Crippen molar-refractivity contribution in [1.82, 2.24) is 4.90 Å². The van der Waals surface area contributed by atoms with Gasteiger partial charge >= 0.3 is 6.09 Å². The molecule has 5 nitrogen and oxygen atoms in total. The molecule has 0 radical (unpaired) electrons. The van der Waals surface area contributed by atoms with E-state index in [1.807, 2.05) is 0 Å². The molecule has 1 aromatic rings. The van der Waals surface area contributed by atoms with Crippen molar-refractivity contribution in [2.45, 2.75) is 25.4 Å². The van der Waals surface area contributed by atoms with Gasteiger partial charge in [-0.3, -0.25) is 0 Å². The Bertz CT molecular complexity index is 577. The Hall–Kier alpha value is -1.17. The molecule has 1 saturated heterocycles. The Morgan fingerprint density at radius 2 is 2.18 bits per heavy atom. The molecule has 2 atom stereocenters. The lowest BCUT2D eigenvalue weighted by Crippen LogP contribution is -2.39. The summed E-state index contributed by atoms with van der Waals surface area (Å²) in [5, 5.41) is 20.6. The standard InChI is InChI=1S/C15H19Cl2NO4/c1-15(21,9-5-6-18(8-9)14(19)20)7-10-12(22-2)4-3-11(16)13(10)17/h3-4,9,21H,5-8H2,1-2H3,(H,19,20)/t9-,15?/m1/s1. The second-order valence-corrected chi connectivity index (χ2v) is 6.58. The first-order valence-corrected chi connectivity index (χ1v) is 7.73. The van der Waals surface area contributed by atoms with E-state index in [9.17, 15) is 9.90 Å². The van der Waals surface area contributed by atoms with Crippen molar-refractivity contribution in [1.29, 1.82) is 0 Å². The van der Waals surface area contributed by atoms with Crippen molar-refractivity contribution in [2.24, 2.45) is 5.92 Å². The quantitative estimate of drug-likeness (QED) is 0.876. The molecular formula is C15H19Cl2NO4. The minimum Gasteiger partial charge on any atom is -0.496 e. The van der Waals surface area contributed by atoms with E-state index in [0.29, 0.717) is 40.9 Å². The number of methoxy groups -OCH3 is 1. The Labute approximate surface area is 139 Å². The van der Waals surface area contributed by atoms with E-state index in [1.165, 1.54) is 12.0 Å². The molecule has 0 bridgehead atoms. The molecule has 7 heteroatoms. The zero-order chi connectivity index (χ0) is 16.5. The average Bonchev–Trinajstić information content (AvgIpc) is 2.95. The molecule has 1 aliphatic heterocycles. The van der Waals surface area contributed by atoms with Gasteiger partial charge in [0.05, 0.1) is 22.8 Å². The first kappa shape index (κ1) is 17.2. The van der Waals surface area contributed by atoms with Crippen molar-refractivity contribution < 1.29 is 19.7 Å². The lowest BCUT2D eigenvalue weighted by Gasteiger charge is -2.31. The van der Waals surface area contributed by atoms with E-state index in [4.69, 9.17) is 33.0 Å². The number of amides is 1. The molecular weight excluding hydrogens is 329 g/mol. The van der Waals surface area contributed by atoms with Gasteiger partial charge in [-0.05, 0) is 25.5 Å². The third-order valence-corrected chi connectivity index (χ3v) is 5.09. The maximum absolute atomic E-state index is 11.0. The normalized spacial score (nSPS) is 20.8. The molecule has 122 valence electrons. The summed E-state index contributed by atoms with van der Waals surface area (Å²) >= 11 is 12.3. The zero-order valence-corrected chi connectivity index (χ0v) is 14.0. The Morgan fingerprint density at radius 3 is 2.73 bits per heavy atom. The minimum atomic E-state index is -1.11. The van der Waals surface area contributed by atoms with Crippen LogP contribution in [0.4, 0.5) is 4.79 Å². The monoisotopic (exact) mass is 347 g/mol. The topological polar surface area (TPSA) is 70.0 Å². The summed E-state index contributed by atoms with van der Waals surface area (Å²) in [6, 6.07) is 3.35. The maximum Gasteiger partial charge on any atom is 0.407 e. The smallest absolute Gasteiger partial charge is 0.407 e. The van der Waals surface area contributed by atoms with E-state index >= 15 is 0 Å². The van der Waals surface area contributed by atoms with Crippen LogP contribution in [0.15, 0.2) is 12.1 Å². The van der Waals surface area contributed by atoms with Crippen LogP contribution in [0.25, 0.3) is 0 Å². The van der Waals surface area contributed by atoms with Crippen LogP contribution in [-0.2, 0) is 6.42 Å². The number of hydrogen-bond donors (Lipinski definition) is 2. The van der Waals surface area contributed by atoms with Gasteiger partial charge in [0.25, 0.3) is 0 Å². The summed E-state index contributed by atoms with van der Waals surface area (Å²) in [7, 11) is 1.53. The van der Waals surface area contributed by atoms with Crippen LogP contribution in [0.3, 0.4) is 0 Å². The van der Waals surface area contributed by atoms with Gasteiger partial charge in [-0.25, -0.2) is 4.79 Å². The third kappa shape index (κ3) is 3.42. The van der Waals surface area contributed by atoms with Gasteiger partial charge < -0.3 is 19.8 Å². The molecule has 0 aromatic heterocycles. The third-order valence-electron chi connectivity index (χ3n) is 4.25. The molecule has 1 aromatic carbocycles. The number of benzene rings is 1. The van der Waals surface area contributed by atoms with Crippen molar-refractivity contribution in [3.05, 3.63) is 27.7 Å². The summed E-state index contributed by atoms with van der Waals surface area (Å²) in [4.78, 5) is 12.3. The number of carboxylic acid groups (broad SMARTS) is 1. The fraction of sp³-hybridized carbons (Fsp3) is 0.533. The predicted molar refractivity (Wildman–Crippen MR) is 85.0 cm³/mol. The molecule has 0 aliphatic carbocycles. The second-order valence-electron chi connectivity index (χ2n) is 5.79. The summed E-state index contributed by atoms with van der Waals surface area (Å²) < 4.78 is 5.29. The van der Waals surface area contributed by atoms with E-state index in [2.05, 4.69) is 0 Å². The number of hydrogen-bond acceptors (Lipinski definition) is 3. The highest BCUT2D eigenvalue weighted by molar-refractivity contribution is 6.42. The van der Waals surface area contributed by atoms with Gasteiger partial charge in [0.2, 0.25) is 0 Å². The van der Waals surface area contributed by atoms with Crippen LogP contribution < -0.4 is 4.74 Å². The summed E-state index contributed by atoms with van der Waals surface area (Å²) in [6.45, 7) is 2.43.